The summed E-state index contributed by atoms with van der Waals surface area (Å²) in [6.07, 6.45) is 5.72. The summed E-state index contributed by atoms with van der Waals surface area (Å²) in [5.41, 5.74) is 3.35. The number of rotatable bonds is 16. The number of hydrogen-bond acceptors (Lipinski definition) is 16. The van der Waals surface area contributed by atoms with Gasteiger partial charge in [0.05, 0.1) is 39.6 Å². The van der Waals surface area contributed by atoms with Crippen molar-refractivity contribution < 1.29 is 31.2 Å². The molecular formula is C42H43N7O7S5. The third-order valence-electron chi connectivity index (χ3n) is 10.5. The SMILES string of the molecule is CS(=O)(=O)c1cc(S(=O)(=O)CC(=O)c2csc(N3CCc4cccc(C(=O)Nc5nc6cnccc6s5)c4C3)n2)ccc1N[C@H](CCN1CCOCC1)CSc1ccccc1. The van der Waals surface area contributed by atoms with E-state index in [-0.39, 0.29) is 27.4 Å². The molecule has 2 aliphatic rings. The molecular weight excluding hydrogens is 875 g/mol. The summed E-state index contributed by atoms with van der Waals surface area (Å²) in [5.74, 6) is -1.25. The molecule has 3 aromatic carbocycles. The molecule has 0 saturated carbocycles. The number of nitrogens with one attached hydrogen (secondary N) is 2. The Morgan fingerprint density at radius 1 is 0.967 bits per heavy atom. The summed E-state index contributed by atoms with van der Waals surface area (Å²) in [7, 11) is -8.17. The largest absolute Gasteiger partial charge is 0.380 e. The number of hydrogen-bond donors (Lipinski definition) is 2. The van der Waals surface area contributed by atoms with E-state index in [0.717, 1.165) is 59.1 Å². The Labute approximate surface area is 366 Å². The molecule has 2 aliphatic heterocycles. The third-order valence-corrected chi connectivity index (χ3v) is 16.2. The molecule has 318 valence electrons. The second-order valence-corrected chi connectivity index (χ2v) is 21.7. The van der Waals surface area contributed by atoms with E-state index in [1.54, 1.807) is 30.2 Å². The quantitative estimate of drug-likeness (QED) is 0.0814. The summed E-state index contributed by atoms with van der Waals surface area (Å²) in [4.78, 5) is 45.1. The minimum absolute atomic E-state index is 0.00799. The average molecular weight is 918 g/mol. The number of morpholine rings is 1. The van der Waals surface area contributed by atoms with Crippen molar-refractivity contribution in [1.82, 2.24) is 19.9 Å². The van der Waals surface area contributed by atoms with E-state index in [1.165, 1.54) is 40.2 Å². The van der Waals surface area contributed by atoms with Crippen LogP contribution < -0.4 is 15.5 Å². The first-order valence-electron chi connectivity index (χ1n) is 19.6. The monoisotopic (exact) mass is 917 g/mol. The lowest BCUT2D eigenvalue weighted by Crippen LogP contribution is -2.39. The van der Waals surface area contributed by atoms with Crippen LogP contribution in [0.3, 0.4) is 0 Å². The Kier molecular flexibility index (Phi) is 13.2. The predicted octanol–water partition coefficient (Wildman–Crippen LogP) is 6.32. The number of amides is 1. The van der Waals surface area contributed by atoms with Gasteiger partial charge in [-0.2, -0.15) is 0 Å². The number of ketones is 1. The van der Waals surface area contributed by atoms with E-state index in [9.17, 15) is 26.4 Å². The fraction of sp³-hybridized carbons (Fsp3) is 0.310. The minimum atomic E-state index is -4.28. The molecule has 1 fully saturated rings. The van der Waals surface area contributed by atoms with Crippen LogP contribution in [0.2, 0.25) is 0 Å². The van der Waals surface area contributed by atoms with Crippen molar-refractivity contribution in [2.45, 2.75) is 40.1 Å². The number of nitrogens with zero attached hydrogens (tertiary/aromatic N) is 5. The van der Waals surface area contributed by atoms with E-state index < -0.39 is 31.2 Å². The van der Waals surface area contributed by atoms with Gasteiger partial charge >= 0.3 is 0 Å². The van der Waals surface area contributed by atoms with Crippen molar-refractivity contribution in [3.05, 3.63) is 113 Å². The lowest BCUT2D eigenvalue weighted by molar-refractivity contribution is 0.0370. The van der Waals surface area contributed by atoms with Gasteiger partial charge in [0, 0.05) is 72.8 Å². The van der Waals surface area contributed by atoms with Crippen molar-refractivity contribution in [2.75, 3.05) is 72.7 Å². The number of carbonyl (C=O) groups is 2. The lowest BCUT2D eigenvalue weighted by Gasteiger charge is -2.29. The highest BCUT2D eigenvalue weighted by Crippen LogP contribution is 2.32. The summed E-state index contributed by atoms with van der Waals surface area (Å²) in [6, 6.07) is 21.2. The van der Waals surface area contributed by atoms with Gasteiger partial charge in [-0.25, -0.2) is 26.8 Å². The van der Waals surface area contributed by atoms with Crippen molar-refractivity contribution in [3.63, 3.8) is 0 Å². The van der Waals surface area contributed by atoms with Gasteiger partial charge in [-0.15, -0.1) is 23.1 Å². The maximum absolute atomic E-state index is 13.8. The first kappa shape index (κ1) is 42.9. The zero-order valence-corrected chi connectivity index (χ0v) is 37.2. The fourth-order valence-electron chi connectivity index (χ4n) is 7.24. The van der Waals surface area contributed by atoms with Gasteiger partial charge in [-0.1, -0.05) is 41.7 Å². The molecule has 3 aromatic heterocycles. The number of sulfone groups is 2. The molecule has 14 nitrogen and oxygen atoms in total. The molecule has 1 saturated heterocycles. The Bertz CT molecular complexity index is 2740. The average Bonchev–Trinajstić information content (AvgIpc) is 3.92. The zero-order chi connectivity index (χ0) is 42.6. The van der Waals surface area contributed by atoms with Crippen LogP contribution in [0.1, 0.15) is 38.4 Å². The molecule has 19 heteroatoms. The van der Waals surface area contributed by atoms with Crippen molar-refractivity contribution in [2.24, 2.45) is 0 Å². The van der Waals surface area contributed by atoms with Gasteiger partial charge in [-0.05, 0) is 66.4 Å². The zero-order valence-electron chi connectivity index (χ0n) is 33.2. The summed E-state index contributed by atoms with van der Waals surface area (Å²) >= 11 is 4.23. The molecule has 1 amide bonds. The van der Waals surface area contributed by atoms with Crippen LogP contribution >= 0.6 is 34.4 Å². The lowest BCUT2D eigenvalue weighted by atomic mass is 9.94. The number of thiazole rings is 2. The van der Waals surface area contributed by atoms with Crippen LogP contribution in [0, 0.1) is 0 Å². The minimum Gasteiger partial charge on any atom is -0.380 e. The molecule has 2 N–H and O–H groups in total. The van der Waals surface area contributed by atoms with Crippen LogP contribution in [-0.2, 0) is 37.4 Å². The van der Waals surface area contributed by atoms with Crippen molar-refractivity contribution >= 4 is 92.0 Å². The van der Waals surface area contributed by atoms with Crippen molar-refractivity contribution in [3.8, 4) is 0 Å². The van der Waals surface area contributed by atoms with E-state index in [0.29, 0.717) is 65.5 Å². The second kappa shape index (κ2) is 18.7. The number of Topliss-reactive ketones (excluding diaryl/α,β-unsaturated/α-hetero) is 1. The molecule has 6 aromatic rings. The van der Waals surface area contributed by atoms with Gasteiger partial charge in [0.25, 0.3) is 5.91 Å². The van der Waals surface area contributed by atoms with Gasteiger partial charge in [0.15, 0.2) is 35.7 Å². The van der Waals surface area contributed by atoms with Gasteiger partial charge < -0.3 is 15.0 Å². The van der Waals surface area contributed by atoms with Crippen LogP contribution in [0.4, 0.5) is 16.0 Å². The normalized spacial score (nSPS) is 15.3. The molecule has 0 aliphatic carbocycles. The molecule has 61 heavy (non-hydrogen) atoms. The molecule has 0 unspecified atom stereocenters. The van der Waals surface area contributed by atoms with Crippen LogP contribution in [-0.4, -0.2) is 112 Å². The number of aromatic nitrogens is 3. The summed E-state index contributed by atoms with van der Waals surface area (Å²) in [6.45, 7) is 4.69. The van der Waals surface area contributed by atoms with Gasteiger partial charge in [-0.3, -0.25) is 24.8 Å². The Hall–Kier alpha value is -4.76. The first-order valence-corrected chi connectivity index (χ1v) is 25.8. The number of ether oxygens (including phenoxy) is 1. The molecule has 0 radical (unpaired) electrons. The van der Waals surface area contributed by atoms with Crippen LogP contribution in [0.5, 0.6) is 0 Å². The maximum Gasteiger partial charge on any atom is 0.257 e. The molecule has 5 heterocycles. The Morgan fingerprint density at radius 2 is 1.79 bits per heavy atom. The number of carbonyl (C=O) groups excluding carboxylic acids is 2. The topological polar surface area (TPSA) is 181 Å². The Morgan fingerprint density at radius 3 is 2.57 bits per heavy atom. The molecule has 8 rings (SSSR count). The summed E-state index contributed by atoms with van der Waals surface area (Å²) < 4.78 is 60.3. The van der Waals surface area contributed by atoms with E-state index in [1.807, 2.05) is 53.4 Å². The highest BCUT2D eigenvalue weighted by atomic mass is 32.2. The maximum atomic E-state index is 13.8. The van der Waals surface area contributed by atoms with Crippen LogP contribution in [0.15, 0.2) is 105 Å². The second-order valence-electron chi connectivity index (χ2n) is 14.8. The van der Waals surface area contributed by atoms with Crippen molar-refractivity contribution in [1.29, 1.82) is 0 Å². The van der Waals surface area contributed by atoms with E-state index in [4.69, 9.17) is 4.74 Å². The Balaban J connectivity index is 0.949. The molecule has 0 spiro atoms. The highest BCUT2D eigenvalue weighted by Gasteiger charge is 2.29. The summed E-state index contributed by atoms with van der Waals surface area (Å²) in [5, 5.41) is 8.85. The number of benzene rings is 3. The number of pyridine rings is 1. The highest BCUT2D eigenvalue weighted by molar-refractivity contribution is 7.99. The predicted molar refractivity (Wildman–Crippen MR) is 241 cm³/mol. The first-order chi connectivity index (χ1) is 29.4. The van der Waals surface area contributed by atoms with Gasteiger partial charge in [0.1, 0.15) is 17.0 Å². The number of anilines is 3. The third kappa shape index (κ3) is 10.5. The molecule has 0 bridgehead atoms. The number of fused-ring (bicyclic) bond motifs is 2. The fourth-order valence-corrected chi connectivity index (χ4v) is 12.1. The van der Waals surface area contributed by atoms with Gasteiger partial charge in [0.2, 0.25) is 0 Å². The standard InChI is InChI=1S/C42H43N7O7S5/c1-60(52,53)39-22-31(10-11-34(39)44-29(14-16-48-18-20-56-21-19-48)25-57-30-7-3-2-4-8-30)61(54,55)27-37(50)36-26-58-42(46-36)49-17-13-28-6-5-9-32(33(28)24-49)40(51)47-41-45-35-23-43-15-12-38(35)59-41/h2-12,15,22-23,26,29,44H,13-14,16-21,24-25,27H2,1H3,(H,45,47,51)/t29-/m1/s1. The van der Waals surface area contributed by atoms with Crippen LogP contribution in [0.25, 0.3) is 10.2 Å². The number of thioether (sulfide) groups is 1. The van der Waals surface area contributed by atoms with E-state index in [2.05, 4.69) is 30.5 Å². The molecule has 1 atom stereocenters. The van der Waals surface area contributed by atoms with E-state index >= 15 is 0 Å². The smallest absolute Gasteiger partial charge is 0.257 e.